The van der Waals surface area contributed by atoms with Crippen molar-refractivity contribution in [2.75, 3.05) is 0 Å². The lowest BCUT2D eigenvalue weighted by atomic mass is 10.0. The first-order valence-electron chi connectivity index (χ1n) is 4.86. The number of carbonyl (C=O) groups is 1. The highest BCUT2D eigenvalue weighted by Crippen LogP contribution is 2.11. The Bertz CT molecular complexity index is 363. The van der Waals surface area contributed by atoms with Gasteiger partial charge in [0.05, 0.1) is 6.04 Å². The van der Waals surface area contributed by atoms with Gasteiger partial charge >= 0.3 is 0 Å². The molecule has 1 amide bonds. The first kappa shape index (κ1) is 11.7. The summed E-state index contributed by atoms with van der Waals surface area (Å²) in [7, 11) is 0. The average molecular weight is 207 g/mol. The highest BCUT2D eigenvalue weighted by Gasteiger charge is 2.12. The van der Waals surface area contributed by atoms with Crippen LogP contribution in [0.5, 0.6) is 0 Å². The van der Waals surface area contributed by atoms with E-state index in [1.807, 2.05) is 37.5 Å². The molecule has 0 fully saturated rings. The molecule has 82 valence electrons. The van der Waals surface area contributed by atoms with Crippen LogP contribution in [0.1, 0.15) is 16.7 Å². The van der Waals surface area contributed by atoms with Crippen molar-refractivity contribution >= 4 is 5.91 Å². The molecule has 0 spiro atoms. The number of nitrogens with one attached hydrogen (secondary N) is 1. The zero-order valence-electron chi connectivity index (χ0n) is 9.08. The molecule has 0 aromatic heterocycles. The van der Waals surface area contributed by atoms with Gasteiger partial charge in [-0.2, -0.15) is 0 Å². The Balaban J connectivity index is 2.73. The number of hydrazine groups is 1. The Morgan fingerprint density at radius 2 is 2.07 bits per heavy atom. The predicted molar refractivity (Wildman–Crippen MR) is 59.9 cm³/mol. The third-order valence-corrected chi connectivity index (χ3v) is 2.51. The van der Waals surface area contributed by atoms with Crippen LogP contribution in [0.3, 0.4) is 0 Å². The fraction of sp³-hybridized carbons (Fsp3) is 0.364. The smallest absolute Gasteiger partial charge is 0.251 e. The van der Waals surface area contributed by atoms with Gasteiger partial charge < -0.3 is 5.73 Å². The summed E-state index contributed by atoms with van der Waals surface area (Å²) in [5.74, 6) is 4.66. The number of aryl methyl sites for hydroxylation is 2. The number of rotatable bonds is 3. The molecule has 4 heteroatoms. The zero-order chi connectivity index (χ0) is 11.4. The van der Waals surface area contributed by atoms with Gasteiger partial charge in [0.25, 0.3) is 5.91 Å². The number of carbonyl (C=O) groups excluding carboxylic acids is 1. The lowest BCUT2D eigenvalue weighted by Gasteiger charge is -2.10. The molecule has 0 saturated heterocycles. The topological polar surface area (TPSA) is 81.1 Å². The highest BCUT2D eigenvalue weighted by atomic mass is 16.2. The van der Waals surface area contributed by atoms with E-state index in [1.54, 1.807) is 0 Å². The van der Waals surface area contributed by atoms with E-state index in [0.29, 0.717) is 6.42 Å². The van der Waals surface area contributed by atoms with Crippen molar-refractivity contribution in [2.24, 2.45) is 11.6 Å². The van der Waals surface area contributed by atoms with Crippen molar-refractivity contribution < 1.29 is 4.79 Å². The maximum Gasteiger partial charge on any atom is 0.251 e. The minimum Gasteiger partial charge on any atom is -0.320 e. The van der Waals surface area contributed by atoms with E-state index in [1.165, 1.54) is 11.1 Å². The molecule has 0 aliphatic rings. The molecule has 0 aliphatic carbocycles. The Morgan fingerprint density at radius 3 is 2.60 bits per heavy atom. The van der Waals surface area contributed by atoms with Crippen LogP contribution in [0.4, 0.5) is 0 Å². The van der Waals surface area contributed by atoms with Gasteiger partial charge in [-0.25, -0.2) is 5.84 Å². The third-order valence-electron chi connectivity index (χ3n) is 2.51. The van der Waals surface area contributed by atoms with E-state index >= 15 is 0 Å². The van der Waals surface area contributed by atoms with Crippen LogP contribution in [-0.4, -0.2) is 11.9 Å². The molecule has 1 rings (SSSR count). The van der Waals surface area contributed by atoms with Gasteiger partial charge in [0, 0.05) is 0 Å². The normalized spacial score (nSPS) is 12.3. The van der Waals surface area contributed by atoms with Crippen molar-refractivity contribution in [1.29, 1.82) is 0 Å². The van der Waals surface area contributed by atoms with E-state index in [2.05, 4.69) is 0 Å². The highest BCUT2D eigenvalue weighted by molar-refractivity contribution is 5.81. The Labute approximate surface area is 89.6 Å². The lowest BCUT2D eigenvalue weighted by molar-refractivity contribution is -0.122. The summed E-state index contributed by atoms with van der Waals surface area (Å²) >= 11 is 0. The van der Waals surface area contributed by atoms with Gasteiger partial charge in [0.1, 0.15) is 0 Å². The molecule has 0 bridgehead atoms. The predicted octanol–water partition coefficient (Wildman–Crippen LogP) is 0.163. The first-order chi connectivity index (χ1) is 7.04. The van der Waals surface area contributed by atoms with Gasteiger partial charge in [-0.3, -0.25) is 10.2 Å². The lowest BCUT2D eigenvalue weighted by Crippen LogP contribution is -2.45. The molecule has 0 heterocycles. The summed E-state index contributed by atoms with van der Waals surface area (Å²) in [6, 6.07) is 5.46. The molecule has 1 aromatic carbocycles. The van der Waals surface area contributed by atoms with Crippen molar-refractivity contribution in [3.63, 3.8) is 0 Å². The van der Waals surface area contributed by atoms with Crippen molar-refractivity contribution in [3.8, 4) is 0 Å². The van der Waals surface area contributed by atoms with Crippen molar-refractivity contribution in [3.05, 3.63) is 34.9 Å². The third kappa shape index (κ3) is 3.04. The van der Waals surface area contributed by atoms with Crippen LogP contribution in [0.15, 0.2) is 18.2 Å². The van der Waals surface area contributed by atoms with Crippen LogP contribution in [-0.2, 0) is 11.2 Å². The van der Waals surface area contributed by atoms with Crippen LogP contribution < -0.4 is 17.0 Å². The molecule has 1 atom stereocenters. The summed E-state index contributed by atoms with van der Waals surface area (Å²) < 4.78 is 0. The van der Waals surface area contributed by atoms with Crippen LogP contribution in [0.25, 0.3) is 0 Å². The van der Waals surface area contributed by atoms with Crippen LogP contribution >= 0.6 is 0 Å². The molecule has 0 aliphatic heterocycles. The summed E-state index contributed by atoms with van der Waals surface area (Å²) in [5, 5.41) is 0. The van der Waals surface area contributed by atoms with E-state index in [0.717, 1.165) is 5.56 Å². The number of nitrogens with two attached hydrogens (primary N) is 2. The molecule has 0 radical (unpaired) electrons. The fourth-order valence-electron chi connectivity index (χ4n) is 1.38. The van der Waals surface area contributed by atoms with Gasteiger partial charge in [-0.15, -0.1) is 0 Å². The summed E-state index contributed by atoms with van der Waals surface area (Å²) in [4.78, 5) is 11.1. The van der Waals surface area contributed by atoms with Crippen LogP contribution in [0.2, 0.25) is 0 Å². The zero-order valence-corrected chi connectivity index (χ0v) is 9.08. The van der Waals surface area contributed by atoms with E-state index in [9.17, 15) is 4.79 Å². The largest absolute Gasteiger partial charge is 0.320 e. The molecule has 1 unspecified atom stereocenters. The van der Waals surface area contributed by atoms with Gasteiger partial charge in [0.15, 0.2) is 0 Å². The average Bonchev–Trinajstić information content (AvgIpc) is 2.22. The number of amides is 1. The second-order valence-electron chi connectivity index (χ2n) is 3.74. The summed E-state index contributed by atoms with van der Waals surface area (Å²) in [6.45, 7) is 4.08. The molecule has 0 saturated carbocycles. The van der Waals surface area contributed by atoms with Gasteiger partial charge in [0.2, 0.25) is 0 Å². The standard InChI is InChI=1S/C11H17N3O/c1-7-3-4-9(5-8(7)2)6-10(12)11(15)14-13/h3-5,10H,6,12-13H2,1-2H3,(H,14,15). The molecule has 1 aromatic rings. The molecule has 4 nitrogen and oxygen atoms in total. The quantitative estimate of drug-likeness (QED) is 0.375. The monoisotopic (exact) mass is 207 g/mol. The van der Waals surface area contributed by atoms with Gasteiger partial charge in [-0.05, 0) is 37.0 Å². The van der Waals surface area contributed by atoms with E-state index in [4.69, 9.17) is 11.6 Å². The minimum atomic E-state index is -0.586. The number of hydrogen-bond donors (Lipinski definition) is 3. The van der Waals surface area contributed by atoms with E-state index < -0.39 is 6.04 Å². The Morgan fingerprint density at radius 1 is 1.40 bits per heavy atom. The van der Waals surface area contributed by atoms with Gasteiger partial charge in [-0.1, -0.05) is 18.2 Å². The fourth-order valence-corrected chi connectivity index (χ4v) is 1.38. The van der Waals surface area contributed by atoms with Crippen molar-refractivity contribution in [2.45, 2.75) is 26.3 Å². The minimum absolute atomic E-state index is 0.340. The Hall–Kier alpha value is -1.39. The maximum absolute atomic E-state index is 11.1. The molecule has 5 N–H and O–H groups in total. The van der Waals surface area contributed by atoms with Crippen molar-refractivity contribution in [1.82, 2.24) is 5.43 Å². The number of benzene rings is 1. The summed E-state index contributed by atoms with van der Waals surface area (Å²) in [5.41, 5.74) is 11.2. The SMILES string of the molecule is Cc1ccc(CC(N)C(=O)NN)cc1C. The van der Waals surface area contributed by atoms with E-state index in [-0.39, 0.29) is 5.91 Å². The Kier molecular flexibility index (Phi) is 3.82. The maximum atomic E-state index is 11.1. The molecular weight excluding hydrogens is 190 g/mol. The molecule has 15 heavy (non-hydrogen) atoms. The second-order valence-corrected chi connectivity index (χ2v) is 3.74. The molecular formula is C11H17N3O. The number of hydrogen-bond acceptors (Lipinski definition) is 3. The first-order valence-corrected chi connectivity index (χ1v) is 4.86. The van der Waals surface area contributed by atoms with Crippen LogP contribution in [0, 0.1) is 13.8 Å². The second kappa shape index (κ2) is 4.91. The summed E-state index contributed by atoms with van der Waals surface area (Å²) in [6.07, 6.45) is 0.504.